The van der Waals surface area contributed by atoms with E-state index in [0.29, 0.717) is 23.1 Å². The van der Waals surface area contributed by atoms with Crippen molar-refractivity contribution in [2.75, 3.05) is 12.5 Å². The molecule has 3 aromatic carbocycles. The summed E-state index contributed by atoms with van der Waals surface area (Å²) in [4.78, 5) is 0. The van der Waals surface area contributed by atoms with E-state index in [1.165, 1.54) is 5.56 Å². The van der Waals surface area contributed by atoms with Gasteiger partial charge in [-0.05, 0) is 60.5 Å². The molecule has 0 aromatic heterocycles. The van der Waals surface area contributed by atoms with E-state index in [2.05, 4.69) is 17.5 Å². The molecular formula is C22H21ClN2O2. The van der Waals surface area contributed by atoms with Crippen molar-refractivity contribution in [3.8, 4) is 11.5 Å². The number of hydrogen-bond acceptors (Lipinski definition) is 4. The molecule has 0 spiro atoms. The summed E-state index contributed by atoms with van der Waals surface area (Å²) in [6.45, 7) is 2.47. The maximum Gasteiger partial charge on any atom is 0.161 e. The highest BCUT2D eigenvalue weighted by atomic mass is 35.5. The molecule has 0 aliphatic rings. The largest absolute Gasteiger partial charge is 0.493 e. The minimum absolute atomic E-state index is 0.416. The molecule has 0 bridgehead atoms. The van der Waals surface area contributed by atoms with Crippen LogP contribution in [0.15, 0.2) is 71.8 Å². The van der Waals surface area contributed by atoms with Crippen molar-refractivity contribution in [1.29, 1.82) is 0 Å². The van der Waals surface area contributed by atoms with Crippen molar-refractivity contribution in [2.24, 2.45) is 5.10 Å². The number of methoxy groups -OCH3 is 1. The van der Waals surface area contributed by atoms with Crippen LogP contribution in [0, 0.1) is 6.92 Å². The molecule has 0 heterocycles. The van der Waals surface area contributed by atoms with E-state index in [1.807, 2.05) is 66.7 Å². The predicted molar refractivity (Wildman–Crippen MR) is 111 cm³/mol. The van der Waals surface area contributed by atoms with Gasteiger partial charge in [-0.25, -0.2) is 0 Å². The lowest BCUT2D eigenvalue weighted by Crippen LogP contribution is -1.98. The highest BCUT2D eigenvalue weighted by Gasteiger charge is 2.06. The van der Waals surface area contributed by atoms with Gasteiger partial charge in [-0.2, -0.15) is 5.10 Å². The topological polar surface area (TPSA) is 42.8 Å². The smallest absolute Gasteiger partial charge is 0.161 e. The van der Waals surface area contributed by atoms with Gasteiger partial charge < -0.3 is 9.47 Å². The number of benzene rings is 3. The van der Waals surface area contributed by atoms with Gasteiger partial charge in [0, 0.05) is 5.02 Å². The van der Waals surface area contributed by atoms with Gasteiger partial charge in [-0.3, -0.25) is 5.43 Å². The van der Waals surface area contributed by atoms with Crippen LogP contribution < -0.4 is 14.9 Å². The third-order valence-corrected chi connectivity index (χ3v) is 4.16. The second-order valence-corrected chi connectivity index (χ2v) is 6.50. The second-order valence-electron chi connectivity index (χ2n) is 6.06. The maximum absolute atomic E-state index is 6.01. The van der Waals surface area contributed by atoms with E-state index in [1.54, 1.807) is 13.3 Å². The first-order valence-corrected chi connectivity index (χ1v) is 8.93. The predicted octanol–water partition coefficient (Wildman–Crippen LogP) is 5.68. The van der Waals surface area contributed by atoms with Gasteiger partial charge in [0.2, 0.25) is 0 Å². The molecule has 5 heteroatoms. The minimum Gasteiger partial charge on any atom is -0.493 e. The van der Waals surface area contributed by atoms with E-state index in [0.717, 1.165) is 16.8 Å². The van der Waals surface area contributed by atoms with E-state index in [-0.39, 0.29) is 0 Å². The van der Waals surface area contributed by atoms with Crippen LogP contribution in [0.1, 0.15) is 16.7 Å². The summed E-state index contributed by atoms with van der Waals surface area (Å²) in [5.74, 6) is 1.32. The van der Waals surface area contributed by atoms with Crippen molar-refractivity contribution in [3.05, 3.63) is 88.4 Å². The molecule has 0 radical (unpaired) electrons. The molecular weight excluding hydrogens is 360 g/mol. The van der Waals surface area contributed by atoms with Crippen molar-refractivity contribution < 1.29 is 9.47 Å². The summed E-state index contributed by atoms with van der Waals surface area (Å²) < 4.78 is 11.3. The van der Waals surface area contributed by atoms with E-state index < -0.39 is 0 Å². The zero-order valence-corrected chi connectivity index (χ0v) is 16.0. The van der Waals surface area contributed by atoms with Crippen LogP contribution in [0.3, 0.4) is 0 Å². The first-order chi connectivity index (χ1) is 13.1. The first-order valence-electron chi connectivity index (χ1n) is 8.55. The van der Waals surface area contributed by atoms with Gasteiger partial charge in [0.1, 0.15) is 6.61 Å². The Labute approximate surface area is 164 Å². The number of aryl methyl sites for hydroxylation is 1. The molecule has 27 heavy (non-hydrogen) atoms. The molecule has 138 valence electrons. The Morgan fingerprint density at radius 1 is 1.00 bits per heavy atom. The minimum atomic E-state index is 0.416. The standard InChI is InChI=1S/C22H21ClN2O2/c1-16-6-9-20(10-7-16)25-24-14-17-8-11-21(22(13-17)26-2)27-15-18-4-3-5-19(23)12-18/h3-14,25H,15H2,1-2H3/b24-14+. The molecule has 4 nitrogen and oxygen atoms in total. The zero-order valence-electron chi connectivity index (χ0n) is 15.3. The van der Waals surface area contributed by atoms with Crippen molar-refractivity contribution in [3.63, 3.8) is 0 Å². The monoisotopic (exact) mass is 380 g/mol. The van der Waals surface area contributed by atoms with Crippen LogP contribution in [-0.2, 0) is 6.61 Å². The molecule has 0 saturated carbocycles. The number of hydrazone groups is 1. The molecule has 0 fully saturated rings. The number of nitrogens with one attached hydrogen (secondary N) is 1. The van der Waals surface area contributed by atoms with Gasteiger partial charge in [-0.15, -0.1) is 0 Å². The van der Waals surface area contributed by atoms with Crippen LogP contribution in [0.25, 0.3) is 0 Å². The summed E-state index contributed by atoms with van der Waals surface area (Å²) in [7, 11) is 1.62. The normalized spacial score (nSPS) is 10.8. The van der Waals surface area contributed by atoms with Gasteiger partial charge in [0.05, 0.1) is 19.0 Å². The first kappa shape index (κ1) is 18.8. The fourth-order valence-corrected chi connectivity index (χ4v) is 2.69. The van der Waals surface area contributed by atoms with Gasteiger partial charge >= 0.3 is 0 Å². The lowest BCUT2D eigenvalue weighted by molar-refractivity contribution is 0.284. The Balaban J connectivity index is 1.64. The van der Waals surface area contributed by atoms with Gasteiger partial charge in [0.15, 0.2) is 11.5 Å². The average Bonchev–Trinajstić information content (AvgIpc) is 2.68. The highest BCUT2D eigenvalue weighted by Crippen LogP contribution is 2.28. The number of ether oxygens (including phenoxy) is 2. The van der Waals surface area contributed by atoms with Gasteiger partial charge in [-0.1, -0.05) is 41.4 Å². The number of halogens is 1. The van der Waals surface area contributed by atoms with Crippen molar-refractivity contribution >= 4 is 23.5 Å². The fourth-order valence-electron chi connectivity index (χ4n) is 2.48. The Hall–Kier alpha value is -2.98. The molecule has 0 unspecified atom stereocenters. The second kappa shape index (κ2) is 9.10. The van der Waals surface area contributed by atoms with Crippen molar-refractivity contribution in [1.82, 2.24) is 0 Å². The Morgan fingerprint density at radius 2 is 1.81 bits per heavy atom. The van der Waals surface area contributed by atoms with Crippen LogP contribution in [-0.4, -0.2) is 13.3 Å². The van der Waals surface area contributed by atoms with Crippen LogP contribution in [0.5, 0.6) is 11.5 Å². The summed E-state index contributed by atoms with van der Waals surface area (Å²) >= 11 is 6.01. The molecule has 1 N–H and O–H groups in total. The summed E-state index contributed by atoms with van der Waals surface area (Å²) in [5, 5.41) is 4.95. The third-order valence-electron chi connectivity index (χ3n) is 3.93. The Bertz CT molecular complexity index is 924. The lowest BCUT2D eigenvalue weighted by Gasteiger charge is -2.11. The highest BCUT2D eigenvalue weighted by molar-refractivity contribution is 6.30. The Kier molecular flexibility index (Phi) is 6.34. The van der Waals surface area contributed by atoms with E-state index in [9.17, 15) is 0 Å². The fraction of sp³-hybridized carbons (Fsp3) is 0.136. The van der Waals surface area contributed by atoms with Crippen LogP contribution in [0.4, 0.5) is 5.69 Å². The number of nitrogens with zero attached hydrogens (tertiary/aromatic N) is 1. The van der Waals surface area contributed by atoms with Crippen LogP contribution in [0.2, 0.25) is 5.02 Å². The number of anilines is 1. The van der Waals surface area contributed by atoms with Gasteiger partial charge in [0.25, 0.3) is 0 Å². The summed E-state index contributed by atoms with van der Waals surface area (Å²) in [5.41, 5.74) is 7.06. The average molecular weight is 381 g/mol. The van der Waals surface area contributed by atoms with E-state index >= 15 is 0 Å². The Morgan fingerprint density at radius 3 is 2.56 bits per heavy atom. The zero-order chi connectivity index (χ0) is 19.1. The lowest BCUT2D eigenvalue weighted by atomic mass is 10.2. The number of hydrogen-bond donors (Lipinski definition) is 1. The molecule has 0 atom stereocenters. The maximum atomic E-state index is 6.01. The molecule has 0 amide bonds. The molecule has 0 aliphatic carbocycles. The molecule has 3 rings (SSSR count). The van der Waals surface area contributed by atoms with E-state index in [4.69, 9.17) is 21.1 Å². The van der Waals surface area contributed by atoms with Crippen molar-refractivity contribution in [2.45, 2.75) is 13.5 Å². The molecule has 0 saturated heterocycles. The quantitative estimate of drug-likeness (QED) is 0.423. The summed E-state index contributed by atoms with van der Waals surface area (Å²) in [6, 6.07) is 21.3. The molecule has 0 aliphatic heterocycles. The number of rotatable bonds is 7. The third kappa shape index (κ3) is 5.50. The SMILES string of the molecule is COc1cc(/C=N/Nc2ccc(C)cc2)ccc1OCc1cccc(Cl)c1. The summed E-state index contributed by atoms with van der Waals surface area (Å²) in [6.07, 6.45) is 1.74. The van der Waals surface area contributed by atoms with Crippen LogP contribution >= 0.6 is 11.6 Å². The molecule has 3 aromatic rings.